The molecule has 5 heteroatoms. The average Bonchev–Trinajstić information content (AvgIpc) is 2.83. The van der Waals surface area contributed by atoms with Gasteiger partial charge in [-0.05, 0) is 12.8 Å². The summed E-state index contributed by atoms with van der Waals surface area (Å²) in [6, 6.07) is 1.61. The van der Waals surface area contributed by atoms with E-state index in [1.165, 1.54) is 0 Å². The van der Waals surface area contributed by atoms with Gasteiger partial charge in [0, 0.05) is 19.2 Å². The van der Waals surface area contributed by atoms with Crippen LogP contribution >= 0.6 is 0 Å². The SMILES string of the molecule is CCCCCN(CCCCC)C(=O)c1cc(N)n[nH]1. The third-order valence-corrected chi connectivity index (χ3v) is 3.18. The van der Waals surface area contributed by atoms with Crippen molar-refractivity contribution in [2.75, 3.05) is 18.8 Å². The molecule has 19 heavy (non-hydrogen) atoms. The molecule has 0 radical (unpaired) electrons. The second-order valence-corrected chi connectivity index (χ2v) is 4.91. The third-order valence-electron chi connectivity index (χ3n) is 3.18. The largest absolute Gasteiger partial charge is 0.382 e. The summed E-state index contributed by atoms with van der Waals surface area (Å²) in [6.45, 7) is 5.96. The summed E-state index contributed by atoms with van der Waals surface area (Å²) in [5, 5.41) is 6.52. The van der Waals surface area contributed by atoms with Crippen molar-refractivity contribution in [3.05, 3.63) is 11.8 Å². The number of nitrogens with one attached hydrogen (secondary N) is 1. The highest BCUT2D eigenvalue weighted by Crippen LogP contribution is 2.09. The molecule has 0 bridgehead atoms. The Morgan fingerprint density at radius 3 is 2.21 bits per heavy atom. The van der Waals surface area contributed by atoms with Gasteiger partial charge >= 0.3 is 0 Å². The van der Waals surface area contributed by atoms with Gasteiger partial charge in [-0.15, -0.1) is 0 Å². The van der Waals surface area contributed by atoms with E-state index in [4.69, 9.17) is 5.73 Å². The molecule has 1 rings (SSSR count). The second-order valence-electron chi connectivity index (χ2n) is 4.91. The second kappa shape index (κ2) is 8.56. The van der Waals surface area contributed by atoms with Gasteiger partial charge in [0.1, 0.15) is 11.5 Å². The molecule has 1 aromatic rings. The van der Waals surface area contributed by atoms with Crippen molar-refractivity contribution in [3.8, 4) is 0 Å². The lowest BCUT2D eigenvalue weighted by Gasteiger charge is -2.21. The Morgan fingerprint density at radius 1 is 1.21 bits per heavy atom. The van der Waals surface area contributed by atoms with Crippen molar-refractivity contribution >= 4 is 11.7 Å². The van der Waals surface area contributed by atoms with Crippen molar-refractivity contribution < 1.29 is 4.79 Å². The molecule has 0 aliphatic rings. The van der Waals surface area contributed by atoms with Crippen LogP contribution in [-0.2, 0) is 0 Å². The number of H-pyrrole nitrogens is 1. The number of carbonyl (C=O) groups is 1. The van der Waals surface area contributed by atoms with Crippen LogP contribution in [0.1, 0.15) is 62.9 Å². The quantitative estimate of drug-likeness (QED) is 0.675. The number of unbranched alkanes of at least 4 members (excludes halogenated alkanes) is 4. The molecule has 0 spiro atoms. The fourth-order valence-electron chi connectivity index (χ4n) is 2.04. The summed E-state index contributed by atoms with van der Waals surface area (Å²) in [6.07, 6.45) is 6.74. The molecule has 0 unspecified atom stereocenters. The van der Waals surface area contributed by atoms with Crippen molar-refractivity contribution in [1.29, 1.82) is 0 Å². The number of aromatic amines is 1. The molecule has 0 saturated carbocycles. The van der Waals surface area contributed by atoms with Crippen LogP contribution in [0.4, 0.5) is 5.82 Å². The normalized spacial score (nSPS) is 10.6. The number of aromatic nitrogens is 2. The zero-order valence-corrected chi connectivity index (χ0v) is 12.1. The predicted molar refractivity (Wildman–Crippen MR) is 78.0 cm³/mol. The fraction of sp³-hybridized carbons (Fsp3) is 0.714. The summed E-state index contributed by atoms with van der Waals surface area (Å²) in [7, 11) is 0. The first-order chi connectivity index (χ1) is 9.19. The maximum atomic E-state index is 12.3. The van der Waals surface area contributed by atoms with Crippen LogP contribution in [0.2, 0.25) is 0 Å². The van der Waals surface area contributed by atoms with Gasteiger partial charge in [0.15, 0.2) is 0 Å². The molecule has 0 atom stereocenters. The first-order valence-corrected chi connectivity index (χ1v) is 7.29. The maximum absolute atomic E-state index is 12.3. The number of anilines is 1. The molecule has 1 aromatic heterocycles. The van der Waals surface area contributed by atoms with Crippen LogP contribution in [0.15, 0.2) is 6.07 Å². The Balaban J connectivity index is 2.57. The first-order valence-electron chi connectivity index (χ1n) is 7.29. The number of amides is 1. The zero-order valence-electron chi connectivity index (χ0n) is 12.1. The van der Waals surface area contributed by atoms with Crippen LogP contribution < -0.4 is 5.73 Å². The van der Waals surface area contributed by atoms with Gasteiger partial charge in [0.2, 0.25) is 0 Å². The number of rotatable bonds is 9. The Labute approximate surface area is 115 Å². The van der Waals surface area contributed by atoms with Crippen molar-refractivity contribution in [3.63, 3.8) is 0 Å². The number of nitrogen functional groups attached to an aromatic ring is 1. The van der Waals surface area contributed by atoms with E-state index >= 15 is 0 Å². The van der Waals surface area contributed by atoms with Gasteiger partial charge in [-0.1, -0.05) is 39.5 Å². The maximum Gasteiger partial charge on any atom is 0.271 e. The van der Waals surface area contributed by atoms with Crippen LogP contribution in [-0.4, -0.2) is 34.1 Å². The molecule has 0 fully saturated rings. The van der Waals surface area contributed by atoms with E-state index in [1.807, 2.05) is 4.90 Å². The van der Waals surface area contributed by atoms with Crippen LogP contribution in [0.5, 0.6) is 0 Å². The monoisotopic (exact) mass is 266 g/mol. The fourth-order valence-corrected chi connectivity index (χ4v) is 2.04. The number of hydrogen-bond donors (Lipinski definition) is 2. The van der Waals surface area contributed by atoms with E-state index in [0.29, 0.717) is 11.5 Å². The predicted octanol–water partition coefficient (Wildman–Crippen LogP) is 2.81. The summed E-state index contributed by atoms with van der Waals surface area (Å²) < 4.78 is 0. The minimum Gasteiger partial charge on any atom is -0.382 e. The Kier molecular flexibility index (Phi) is 7.00. The van der Waals surface area contributed by atoms with Crippen molar-refractivity contribution in [2.45, 2.75) is 52.4 Å². The topological polar surface area (TPSA) is 75.0 Å². The Morgan fingerprint density at radius 2 is 1.79 bits per heavy atom. The van der Waals surface area contributed by atoms with Gasteiger partial charge in [0.25, 0.3) is 5.91 Å². The van der Waals surface area contributed by atoms with Crippen molar-refractivity contribution in [2.24, 2.45) is 0 Å². The average molecular weight is 266 g/mol. The third kappa shape index (κ3) is 5.32. The zero-order chi connectivity index (χ0) is 14.1. The Hall–Kier alpha value is -1.52. The molecule has 1 heterocycles. The van der Waals surface area contributed by atoms with E-state index in [1.54, 1.807) is 6.07 Å². The Bertz CT molecular complexity index is 365. The van der Waals surface area contributed by atoms with E-state index in [-0.39, 0.29) is 5.91 Å². The van der Waals surface area contributed by atoms with E-state index in [2.05, 4.69) is 24.0 Å². The van der Waals surface area contributed by atoms with E-state index in [0.717, 1.165) is 51.6 Å². The molecule has 0 aliphatic carbocycles. The van der Waals surface area contributed by atoms with Gasteiger partial charge in [-0.2, -0.15) is 5.10 Å². The van der Waals surface area contributed by atoms with E-state index < -0.39 is 0 Å². The van der Waals surface area contributed by atoms with Crippen LogP contribution in [0.3, 0.4) is 0 Å². The molecule has 5 nitrogen and oxygen atoms in total. The highest BCUT2D eigenvalue weighted by Gasteiger charge is 2.16. The molecule has 3 N–H and O–H groups in total. The van der Waals surface area contributed by atoms with Gasteiger partial charge in [0.05, 0.1) is 0 Å². The number of nitrogens with two attached hydrogens (primary N) is 1. The van der Waals surface area contributed by atoms with Crippen molar-refractivity contribution in [1.82, 2.24) is 15.1 Å². The molecule has 0 aliphatic heterocycles. The van der Waals surface area contributed by atoms with Crippen LogP contribution in [0, 0.1) is 0 Å². The molecule has 0 saturated heterocycles. The smallest absolute Gasteiger partial charge is 0.271 e. The molecule has 1 amide bonds. The summed E-state index contributed by atoms with van der Waals surface area (Å²) in [5.74, 6) is 0.377. The molecule has 0 aromatic carbocycles. The van der Waals surface area contributed by atoms with Crippen LogP contribution in [0.25, 0.3) is 0 Å². The van der Waals surface area contributed by atoms with E-state index in [9.17, 15) is 4.79 Å². The summed E-state index contributed by atoms with van der Waals surface area (Å²) in [5.41, 5.74) is 6.04. The molecule has 108 valence electrons. The lowest BCUT2D eigenvalue weighted by Crippen LogP contribution is -2.33. The lowest BCUT2D eigenvalue weighted by atomic mass is 10.2. The minimum atomic E-state index is 0.0106. The standard InChI is InChI=1S/C14H26N4O/c1-3-5-7-9-18(10-8-6-4-2)14(19)12-11-13(15)17-16-12/h11H,3-10H2,1-2H3,(H3,15,16,17). The first kappa shape index (κ1) is 15.5. The highest BCUT2D eigenvalue weighted by atomic mass is 16.2. The highest BCUT2D eigenvalue weighted by molar-refractivity contribution is 5.92. The lowest BCUT2D eigenvalue weighted by molar-refractivity contribution is 0.0743. The number of hydrogen-bond acceptors (Lipinski definition) is 3. The summed E-state index contributed by atoms with van der Waals surface area (Å²) >= 11 is 0. The molecular weight excluding hydrogens is 240 g/mol. The molecular formula is C14H26N4O. The van der Waals surface area contributed by atoms with Gasteiger partial charge in [-0.25, -0.2) is 0 Å². The number of nitrogens with zero attached hydrogens (tertiary/aromatic N) is 2. The van der Waals surface area contributed by atoms with Gasteiger partial charge in [-0.3, -0.25) is 9.89 Å². The number of carbonyl (C=O) groups excluding carboxylic acids is 1. The minimum absolute atomic E-state index is 0.0106. The summed E-state index contributed by atoms with van der Waals surface area (Å²) in [4.78, 5) is 14.3. The van der Waals surface area contributed by atoms with Gasteiger partial charge < -0.3 is 10.6 Å².